The molecule has 29 heavy (non-hydrogen) atoms. The third kappa shape index (κ3) is 4.30. The van der Waals surface area contributed by atoms with Crippen molar-refractivity contribution in [3.8, 4) is 0 Å². The molecule has 1 aliphatic rings. The Kier molecular flexibility index (Phi) is 5.59. The van der Waals surface area contributed by atoms with Gasteiger partial charge in [-0.05, 0) is 43.5 Å². The maximum Gasteiger partial charge on any atom is 0.273 e. The van der Waals surface area contributed by atoms with Crippen LogP contribution >= 0.6 is 11.3 Å². The number of carbonyl (C=O) groups excluding carboxylic acids is 1. The number of thiazole rings is 1. The summed E-state index contributed by atoms with van der Waals surface area (Å²) in [5, 5.41) is 1.76. The number of benzene rings is 1. The first kappa shape index (κ1) is 19.5. The Morgan fingerprint density at radius 3 is 2.66 bits per heavy atom. The molecule has 9 heteroatoms. The van der Waals surface area contributed by atoms with Gasteiger partial charge in [-0.25, -0.2) is 13.4 Å². The van der Waals surface area contributed by atoms with E-state index in [2.05, 4.69) is 14.7 Å². The van der Waals surface area contributed by atoms with E-state index in [0.717, 1.165) is 36.3 Å². The van der Waals surface area contributed by atoms with Gasteiger partial charge in [0.1, 0.15) is 5.69 Å². The topological polar surface area (TPSA) is 92.3 Å². The van der Waals surface area contributed by atoms with Gasteiger partial charge in [0, 0.05) is 18.1 Å². The van der Waals surface area contributed by atoms with Gasteiger partial charge in [0.2, 0.25) is 0 Å². The van der Waals surface area contributed by atoms with E-state index < -0.39 is 10.0 Å². The number of nitrogens with zero attached hydrogens (tertiary/aromatic N) is 3. The molecule has 0 bridgehead atoms. The third-order valence-corrected chi connectivity index (χ3v) is 7.03. The Labute approximate surface area is 173 Å². The first-order valence-electron chi connectivity index (χ1n) is 9.30. The van der Waals surface area contributed by atoms with Gasteiger partial charge in [0.25, 0.3) is 15.9 Å². The van der Waals surface area contributed by atoms with Gasteiger partial charge in [0.05, 0.1) is 16.6 Å². The molecule has 1 aromatic carbocycles. The number of likely N-dealkylation sites (tertiary alicyclic amines) is 1. The fourth-order valence-electron chi connectivity index (χ4n) is 3.39. The highest BCUT2D eigenvalue weighted by Gasteiger charge is 2.31. The Balaban J connectivity index is 1.53. The summed E-state index contributed by atoms with van der Waals surface area (Å²) in [5.41, 5.74) is 1.10. The molecule has 1 amide bonds. The van der Waals surface area contributed by atoms with Gasteiger partial charge in [-0.2, -0.15) is 0 Å². The Morgan fingerprint density at radius 1 is 1.10 bits per heavy atom. The standard InChI is InChI=1S/C20H20N4O3S2/c25-19(24-13-7-5-11-18(24)16-10-4-6-12-21-16)17-14-28-20(22-17)23-29(26,27)15-8-2-1-3-9-15/h1-4,6,8-10,12,14,18H,5,7,11,13H2,(H,22,23). The van der Waals surface area contributed by atoms with Crippen LogP contribution in [0.1, 0.15) is 41.5 Å². The normalized spacial score (nSPS) is 17.1. The molecule has 0 spiro atoms. The van der Waals surface area contributed by atoms with Crippen molar-refractivity contribution in [2.75, 3.05) is 11.3 Å². The number of pyridine rings is 1. The monoisotopic (exact) mass is 428 g/mol. The summed E-state index contributed by atoms with van der Waals surface area (Å²) in [6.07, 6.45) is 4.53. The minimum atomic E-state index is -3.74. The Morgan fingerprint density at radius 2 is 1.90 bits per heavy atom. The Bertz CT molecular complexity index is 1090. The van der Waals surface area contributed by atoms with Gasteiger partial charge in [0.15, 0.2) is 5.13 Å². The fourth-order valence-corrected chi connectivity index (χ4v) is 5.35. The van der Waals surface area contributed by atoms with Crippen LogP contribution in [0.25, 0.3) is 0 Å². The summed E-state index contributed by atoms with van der Waals surface area (Å²) in [4.78, 5) is 23.7. The molecular weight excluding hydrogens is 408 g/mol. The van der Waals surface area contributed by atoms with Crippen molar-refractivity contribution in [3.05, 3.63) is 71.5 Å². The van der Waals surface area contributed by atoms with Gasteiger partial charge < -0.3 is 4.90 Å². The number of sulfonamides is 1. The number of amides is 1. The minimum absolute atomic E-state index is 0.0939. The molecule has 1 N–H and O–H groups in total. The summed E-state index contributed by atoms with van der Waals surface area (Å²) in [6.45, 7) is 0.628. The average Bonchev–Trinajstić information content (AvgIpc) is 3.22. The lowest BCUT2D eigenvalue weighted by Crippen LogP contribution is -2.39. The van der Waals surface area contributed by atoms with Crippen LogP contribution in [0.5, 0.6) is 0 Å². The van der Waals surface area contributed by atoms with Gasteiger partial charge in [-0.15, -0.1) is 11.3 Å². The van der Waals surface area contributed by atoms with Crippen molar-refractivity contribution < 1.29 is 13.2 Å². The largest absolute Gasteiger partial charge is 0.329 e. The minimum Gasteiger partial charge on any atom is -0.329 e. The molecule has 1 fully saturated rings. The van der Waals surface area contributed by atoms with Gasteiger partial charge >= 0.3 is 0 Å². The van der Waals surface area contributed by atoms with Crippen molar-refractivity contribution in [1.82, 2.24) is 14.9 Å². The zero-order chi connectivity index (χ0) is 20.3. The highest BCUT2D eigenvalue weighted by atomic mass is 32.2. The average molecular weight is 429 g/mol. The van der Waals surface area contributed by atoms with Crippen molar-refractivity contribution in [2.24, 2.45) is 0 Å². The molecule has 1 atom stereocenters. The van der Waals surface area contributed by atoms with E-state index in [0.29, 0.717) is 6.54 Å². The summed E-state index contributed by atoms with van der Waals surface area (Å²) in [6, 6.07) is 13.7. The van der Waals surface area contributed by atoms with Gasteiger partial charge in [-0.3, -0.25) is 14.5 Å². The third-order valence-electron chi connectivity index (χ3n) is 4.79. The molecule has 0 saturated carbocycles. The first-order valence-corrected chi connectivity index (χ1v) is 11.7. The van der Waals surface area contributed by atoms with E-state index in [-0.39, 0.29) is 27.7 Å². The maximum atomic E-state index is 13.1. The lowest BCUT2D eigenvalue weighted by atomic mass is 9.98. The summed E-state index contributed by atoms with van der Waals surface area (Å²) in [7, 11) is -3.74. The van der Waals surface area contributed by atoms with Crippen LogP contribution in [-0.4, -0.2) is 35.7 Å². The zero-order valence-corrected chi connectivity index (χ0v) is 17.2. The van der Waals surface area contributed by atoms with Crippen LogP contribution < -0.4 is 4.72 Å². The summed E-state index contributed by atoms with van der Waals surface area (Å²) >= 11 is 1.10. The van der Waals surface area contributed by atoms with Crippen LogP contribution in [0, 0.1) is 0 Å². The quantitative estimate of drug-likeness (QED) is 0.669. The molecule has 0 aliphatic carbocycles. The maximum absolute atomic E-state index is 13.1. The second kappa shape index (κ2) is 8.30. The second-order valence-electron chi connectivity index (χ2n) is 6.72. The summed E-state index contributed by atoms with van der Waals surface area (Å²) in [5.74, 6) is -0.207. The number of hydrogen-bond acceptors (Lipinski definition) is 6. The van der Waals surface area contributed by atoms with Crippen molar-refractivity contribution >= 4 is 32.4 Å². The van der Waals surface area contributed by atoms with Crippen molar-refractivity contribution in [2.45, 2.75) is 30.2 Å². The molecular formula is C20H20N4O3S2. The number of piperidine rings is 1. The van der Waals surface area contributed by atoms with Crippen LogP contribution in [0.2, 0.25) is 0 Å². The molecule has 2 aromatic heterocycles. The molecule has 1 saturated heterocycles. The molecule has 3 heterocycles. The molecule has 3 aromatic rings. The van der Waals surface area contributed by atoms with Crippen molar-refractivity contribution in [1.29, 1.82) is 0 Å². The second-order valence-corrected chi connectivity index (χ2v) is 9.26. The predicted molar refractivity (Wildman–Crippen MR) is 111 cm³/mol. The molecule has 4 rings (SSSR count). The smallest absolute Gasteiger partial charge is 0.273 e. The van der Waals surface area contributed by atoms with Crippen LogP contribution in [0.3, 0.4) is 0 Å². The lowest BCUT2D eigenvalue weighted by Gasteiger charge is -2.35. The summed E-state index contributed by atoms with van der Waals surface area (Å²) < 4.78 is 27.4. The van der Waals surface area contributed by atoms with Crippen LogP contribution in [0.15, 0.2) is 65.0 Å². The fraction of sp³-hybridized carbons (Fsp3) is 0.250. The van der Waals surface area contributed by atoms with Crippen LogP contribution in [-0.2, 0) is 10.0 Å². The van der Waals surface area contributed by atoms with E-state index in [1.54, 1.807) is 34.7 Å². The number of rotatable bonds is 5. The molecule has 0 radical (unpaired) electrons. The van der Waals surface area contributed by atoms with Crippen LogP contribution in [0.4, 0.5) is 5.13 Å². The van der Waals surface area contributed by atoms with E-state index in [1.165, 1.54) is 12.1 Å². The number of nitrogens with one attached hydrogen (secondary N) is 1. The van der Waals surface area contributed by atoms with E-state index in [4.69, 9.17) is 0 Å². The van der Waals surface area contributed by atoms with E-state index >= 15 is 0 Å². The SMILES string of the molecule is O=C(c1csc(NS(=O)(=O)c2ccccc2)n1)N1CCCCC1c1ccccn1. The number of aromatic nitrogens is 2. The molecule has 1 aliphatic heterocycles. The molecule has 7 nitrogen and oxygen atoms in total. The number of hydrogen-bond donors (Lipinski definition) is 1. The highest BCUT2D eigenvalue weighted by Crippen LogP contribution is 2.31. The highest BCUT2D eigenvalue weighted by molar-refractivity contribution is 7.93. The van der Waals surface area contributed by atoms with E-state index in [1.807, 2.05) is 18.2 Å². The molecule has 1 unspecified atom stereocenters. The predicted octanol–water partition coefficient (Wildman–Crippen LogP) is 3.71. The number of anilines is 1. The zero-order valence-electron chi connectivity index (χ0n) is 15.6. The van der Waals surface area contributed by atoms with Gasteiger partial charge in [-0.1, -0.05) is 24.3 Å². The first-order chi connectivity index (χ1) is 14.0. The molecule has 150 valence electrons. The van der Waals surface area contributed by atoms with Crippen molar-refractivity contribution in [3.63, 3.8) is 0 Å². The lowest BCUT2D eigenvalue weighted by molar-refractivity contribution is 0.0601. The Hall–Kier alpha value is -2.78. The number of carbonyl (C=O) groups is 1. The van der Waals surface area contributed by atoms with E-state index in [9.17, 15) is 13.2 Å².